The zero-order chi connectivity index (χ0) is 15.2. The van der Waals surface area contributed by atoms with Crippen LogP contribution in [0.2, 0.25) is 0 Å². The van der Waals surface area contributed by atoms with E-state index < -0.39 is 11.4 Å². The number of carbonyl (C=O) groups excluding carboxylic acids is 1. The van der Waals surface area contributed by atoms with Gasteiger partial charge < -0.3 is 16.2 Å². The molecular formula is C15H22N2O3. The number of nitrogens with two attached hydrogens (primary N) is 1. The summed E-state index contributed by atoms with van der Waals surface area (Å²) in [6, 6.07) is 6.81. The molecule has 1 atom stereocenters. The molecule has 1 unspecified atom stereocenters. The summed E-state index contributed by atoms with van der Waals surface area (Å²) < 4.78 is 0. The van der Waals surface area contributed by atoms with Gasteiger partial charge in [0.25, 0.3) is 0 Å². The summed E-state index contributed by atoms with van der Waals surface area (Å²) in [5, 5.41) is 11.9. The number of aromatic carboxylic acids is 1. The van der Waals surface area contributed by atoms with Gasteiger partial charge >= 0.3 is 5.97 Å². The molecule has 0 saturated carbocycles. The Labute approximate surface area is 119 Å². The van der Waals surface area contributed by atoms with Crippen molar-refractivity contribution < 1.29 is 14.7 Å². The summed E-state index contributed by atoms with van der Waals surface area (Å²) >= 11 is 0. The van der Waals surface area contributed by atoms with Crippen molar-refractivity contribution in [3.8, 4) is 0 Å². The first-order valence-electron chi connectivity index (χ1n) is 6.74. The third kappa shape index (κ3) is 3.81. The highest BCUT2D eigenvalue weighted by molar-refractivity contribution is 5.89. The number of rotatable bonds is 7. The van der Waals surface area contributed by atoms with Crippen LogP contribution in [0.5, 0.6) is 0 Å². The number of carbonyl (C=O) groups is 2. The molecule has 0 radical (unpaired) electrons. The summed E-state index contributed by atoms with van der Waals surface area (Å²) in [7, 11) is 0. The Morgan fingerprint density at radius 1 is 1.35 bits per heavy atom. The van der Waals surface area contributed by atoms with Gasteiger partial charge in [0.05, 0.1) is 11.0 Å². The molecule has 5 nitrogen and oxygen atoms in total. The minimum Gasteiger partial charge on any atom is -0.478 e. The minimum atomic E-state index is -0.952. The van der Waals surface area contributed by atoms with E-state index in [1.165, 1.54) is 0 Å². The molecule has 1 amide bonds. The van der Waals surface area contributed by atoms with Crippen LogP contribution in [0.3, 0.4) is 0 Å². The summed E-state index contributed by atoms with van der Waals surface area (Å²) in [5.74, 6) is -1.04. The van der Waals surface area contributed by atoms with E-state index in [-0.39, 0.29) is 11.5 Å². The molecule has 0 fully saturated rings. The fourth-order valence-electron chi connectivity index (χ4n) is 1.87. The van der Waals surface area contributed by atoms with E-state index in [2.05, 4.69) is 5.32 Å². The lowest BCUT2D eigenvalue weighted by molar-refractivity contribution is -0.129. The van der Waals surface area contributed by atoms with Gasteiger partial charge in [0.2, 0.25) is 5.91 Å². The average molecular weight is 278 g/mol. The van der Waals surface area contributed by atoms with E-state index in [1.54, 1.807) is 24.3 Å². The van der Waals surface area contributed by atoms with Gasteiger partial charge in [0, 0.05) is 13.1 Å². The molecule has 0 aliphatic heterocycles. The molecule has 0 bridgehead atoms. The third-order valence-electron chi connectivity index (χ3n) is 3.71. The maximum atomic E-state index is 12.0. The Morgan fingerprint density at radius 3 is 2.55 bits per heavy atom. The highest BCUT2D eigenvalue weighted by atomic mass is 16.4. The minimum absolute atomic E-state index is 0.0877. The van der Waals surface area contributed by atoms with Gasteiger partial charge in [-0.25, -0.2) is 4.79 Å². The monoisotopic (exact) mass is 278 g/mol. The fourth-order valence-corrected chi connectivity index (χ4v) is 1.87. The standard InChI is InChI=1S/C15H22N2O3/c1-3-15(2,10-16)14(20)17-9-8-11-6-4-5-7-12(11)13(18)19/h4-7H,3,8-10,16H2,1-2H3,(H,17,20)(H,18,19). The van der Waals surface area contributed by atoms with Crippen molar-refractivity contribution in [1.29, 1.82) is 0 Å². The van der Waals surface area contributed by atoms with Crippen molar-refractivity contribution >= 4 is 11.9 Å². The Morgan fingerprint density at radius 2 is 2.00 bits per heavy atom. The molecule has 0 saturated heterocycles. The molecule has 0 spiro atoms. The summed E-state index contributed by atoms with van der Waals surface area (Å²) in [6.07, 6.45) is 1.15. The number of carboxylic acids is 1. The molecular weight excluding hydrogens is 256 g/mol. The molecule has 0 aliphatic rings. The molecule has 0 heterocycles. The van der Waals surface area contributed by atoms with Gasteiger partial charge in [-0.15, -0.1) is 0 Å². The van der Waals surface area contributed by atoms with E-state index in [1.807, 2.05) is 13.8 Å². The Balaban J connectivity index is 2.62. The zero-order valence-corrected chi connectivity index (χ0v) is 12.0. The molecule has 110 valence electrons. The SMILES string of the molecule is CCC(C)(CN)C(=O)NCCc1ccccc1C(=O)O. The second-order valence-corrected chi connectivity index (χ2v) is 5.09. The maximum Gasteiger partial charge on any atom is 0.335 e. The lowest BCUT2D eigenvalue weighted by atomic mass is 9.86. The smallest absolute Gasteiger partial charge is 0.335 e. The first-order chi connectivity index (χ1) is 9.44. The van der Waals surface area contributed by atoms with E-state index >= 15 is 0 Å². The number of hydrogen-bond acceptors (Lipinski definition) is 3. The lowest BCUT2D eigenvalue weighted by Gasteiger charge is -2.25. The second kappa shape index (κ2) is 7.05. The van der Waals surface area contributed by atoms with E-state index in [0.29, 0.717) is 31.5 Å². The number of amides is 1. The van der Waals surface area contributed by atoms with Crippen molar-refractivity contribution in [2.45, 2.75) is 26.7 Å². The summed E-state index contributed by atoms with van der Waals surface area (Å²) in [4.78, 5) is 23.1. The second-order valence-electron chi connectivity index (χ2n) is 5.09. The topological polar surface area (TPSA) is 92.4 Å². The van der Waals surface area contributed by atoms with Crippen molar-refractivity contribution in [2.24, 2.45) is 11.1 Å². The highest BCUT2D eigenvalue weighted by Crippen LogP contribution is 2.19. The van der Waals surface area contributed by atoms with Gasteiger partial charge in [0.1, 0.15) is 0 Å². The predicted molar refractivity (Wildman–Crippen MR) is 77.6 cm³/mol. The molecule has 1 rings (SSSR count). The molecule has 0 aromatic heterocycles. The highest BCUT2D eigenvalue weighted by Gasteiger charge is 2.29. The molecule has 20 heavy (non-hydrogen) atoms. The van der Waals surface area contributed by atoms with Crippen LogP contribution in [0, 0.1) is 5.41 Å². The Kier molecular flexibility index (Phi) is 5.70. The fraction of sp³-hybridized carbons (Fsp3) is 0.467. The molecule has 4 N–H and O–H groups in total. The lowest BCUT2D eigenvalue weighted by Crippen LogP contribution is -2.44. The Bertz CT molecular complexity index is 482. The molecule has 5 heteroatoms. The van der Waals surface area contributed by atoms with Gasteiger partial charge in [-0.2, -0.15) is 0 Å². The Hall–Kier alpha value is -1.88. The van der Waals surface area contributed by atoms with Crippen molar-refractivity contribution in [2.75, 3.05) is 13.1 Å². The summed E-state index contributed by atoms with van der Waals surface area (Å²) in [6.45, 7) is 4.44. The molecule has 0 aliphatic carbocycles. The van der Waals surface area contributed by atoms with Crippen LogP contribution in [-0.4, -0.2) is 30.1 Å². The van der Waals surface area contributed by atoms with E-state index in [4.69, 9.17) is 10.8 Å². The van der Waals surface area contributed by atoms with Crippen LogP contribution < -0.4 is 11.1 Å². The van der Waals surface area contributed by atoms with Crippen LogP contribution in [0.4, 0.5) is 0 Å². The normalized spacial score (nSPS) is 13.6. The van der Waals surface area contributed by atoms with Gasteiger partial charge in [-0.1, -0.05) is 25.1 Å². The van der Waals surface area contributed by atoms with Crippen LogP contribution in [0.25, 0.3) is 0 Å². The number of hydrogen-bond donors (Lipinski definition) is 3. The first kappa shape index (κ1) is 16.2. The van der Waals surface area contributed by atoms with Crippen LogP contribution >= 0.6 is 0 Å². The number of carboxylic acid groups (broad SMARTS) is 1. The van der Waals surface area contributed by atoms with E-state index in [9.17, 15) is 9.59 Å². The molecule has 1 aromatic carbocycles. The maximum absolute atomic E-state index is 12.0. The van der Waals surface area contributed by atoms with Gasteiger partial charge in [0.15, 0.2) is 0 Å². The number of nitrogens with one attached hydrogen (secondary N) is 1. The van der Waals surface area contributed by atoms with Crippen molar-refractivity contribution in [3.63, 3.8) is 0 Å². The quantitative estimate of drug-likeness (QED) is 0.703. The van der Waals surface area contributed by atoms with Crippen LogP contribution in [0.1, 0.15) is 36.2 Å². The molecule has 1 aromatic rings. The van der Waals surface area contributed by atoms with Crippen LogP contribution in [-0.2, 0) is 11.2 Å². The van der Waals surface area contributed by atoms with Crippen molar-refractivity contribution in [3.05, 3.63) is 35.4 Å². The van der Waals surface area contributed by atoms with Gasteiger partial charge in [-0.05, 0) is 31.4 Å². The first-order valence-corrected chi connectivity index (χ1v) is 6.74. The van der Waals surface area contributed by atoms with E-state index in [0.717, 1.165) is 0 Å². The zero-order valence-electron chi connectivity index (χ0n) is 12.0. The number of benzene rings is 1. The van der Waals surface area contributed by atoms with Crippen molar-refractivity contribution in [1.82, 2.24) is 5.32 Å². The summed E-state index contributed by atoms with van der Waals surface area (Å²) in [5.41, 5.74) is 6.05. The van der Waals surface area contributed by atoms with Gasteiger partial charge in [-0.3, -0.25) is 4.79 Å². The average Bonchev–Trinajstić information content (AvgIpc) is 2.46. The third-order valence-corrected chi connectivity index (χ3v) is 3.71. The van der Waals surface area contributed by atoms with Crippen LogP contribution in [0.15, 0.2) is 24.3 Å². The predicted octanol–water partition coefficient (Wildman–Crippen LogP) is 1.42. The largest absolute Gasteiger partial charge is 0.478 e.